The molecule has 100 valence electrons. The topological polar surface area (TPSA) is 114 Å². The van der Waals surface area contributed by atoms with Gasteiger partial charge < -0.3 is 10.1 Å². The van der Waals surface area contributed by atoms with E-state index in [9.17, 15) is 9.59 Å². The summed E-state index contributed by atoms with van der Waals surface area (Å²) in [6, 6.07) is 1.38. The molecule has 0 amide bonds. The highest BCUT2D eigenvalue weighted by atomic mass is 16.4. The second-order valence-corrected chi connectivity index (χ2v) is 4.18. The number of aryl methyl sites for hydroxylation is 1. The van der Waals surface area contributed by atoms with Crippen molar-refractivity contribution in [2.75, 3.05) is 0 Å². The summed E-state index contributed by atoms with van der Waals surface area (Å²) < 4.78 is 1.43. The van der Waals surface area contributed by atoms with Crippen LogP contribution in [-0.2, 0) is 11.3 Å². The number of H-pyrrole nitrogens is 1. The highest BCUT2D eigenvalue weighted by Crippen LogP contribution is 2.11. The predicted octanol–water partition coefficient (Wildman–Crippen LogP) is 0.139. The fraction of sp³-hybridized carbons (Fsp3) is 0.364. The lowest BCUT2D eigenvalue weighted by molar-refractivity contribution is -0.141. The Kier molecular flexibility index (Phi) is 3.69. The molecule has 0 saturated heterocycles. The van der Waals surface area contributed by atoms with Gasteiger partial charge in [0.15, 0.2) is 11.3 Å². The van der Waals surface area contributed by atoms with Crippen LogP contribution in [0.25, 0.3) is 11.4 Å². The third kappa shape index (κ3) is 2.84. The van der Waals surface area contributed by atoms with E-state index in [0.717, 1.165) is 0 Å². The molecule has 0 bridgehead atoms. The van der Waals surface area contributed by atoms with E-state index in [2.05, 4.69) is 20.5 Å². The average Bonchev–Trinajstić information content (AvgIpc) is 2.84. The summed E-state index contributed by atoms with van der Waals surface area (Å²) in [4.78, 5) is 25.2. The largest absolute Gasteiger partial charge is 0.481 e. The number of hydrogen-bond donors (Lipinski definition) is 2. The molecule has 19 heavy (non-hydrogen) atoms. The first kappa shape index (κ1) is 12.9. The van der Waals surface area contributed by atoms with Crippen molar-refractivity contribution < 1.29 is 9.90 Å². The molecule has 0 spiro atoms. The van der Waals surface area contributed by atoms with Gasteiger partial charge in [0.2, 0.25) is 0 Å². The molecule has 0 aliphatic heterocycles. The van der Waals surface area contributed by atoms with Crippen LogP contribution in [0, 0.1) is 5.92 Å². The first-order valence-electron chi connectivity index (χ1n) is 5.76. The number of tetrazole rings is 1. The third-order valence-corrected chi connectivity index (χ3v) is 2.79. The van der Waals surface area contributed by atoms with Crippen molar-refractivity contribution in [3.05, 3.63) is 28.7 Å². The summed E-state index contributed by atoms with van der Waals surface area (Å²) >= 11 is 0. The Morgan fingerprint density at radius 3 is 3.05 bits per heavy atom. The van der Waals surface area contributed by atoms with Crippen molar-refractivity contribution in [1.82, 2.24) is 25.2 Å². The summed E-state index contributed by atoms with van der Waals surface area (Å²) in [5.41, 5.74) is 0.163. The standard InChI is InChI=1S/C11H13N5O3/c1-7(11(18)19)3-5-16-10(13-14-15-16)8-6-12-4-2-9(8)17/h2,4,6-7H,3,5H2,1H3,(H,12,17)(H,18,19). The van der Waals surface area contributed by atoms with Crippen LogP contribution in [0.1, 0.15) is 13.3 Å². The van der Waals surface area contributed by atoms with E-state index in [4.69, 9.17) is 5.11 Å². The number of hydrogen-bond acceptors (Lipinski definition) is 5. The Morgan fingerprint density at radius 1 is 1.58 bits per heavy atom. The van der Waals surface area contributed by atoms with E-state index in [1.807, 2.05) is 0 Å². The highest BCUT2D eigenvalue weighted by molar-refractivity contribution is 5.69. The molecule has 0 aliphatic carbocycles. The number of rotatable bonds is 5. The van der Waals surface area contributed by atoms with Crippen LogP contribution >= 0.6 is 0 Å². The molecule has 0 aliphatic rings. The smallest absolute Gasteiger partial charge is 0.306 e. The molecular weight excluding hydrogens is 250 g/mol. The van der Waals surface area contributed by atoms with Gasteiger partial charge in [-0.3, -0.25) is 9.59 Å². The van der Waals surface area contributed by atoms with Gasteiger partial charge in [-0.15, -0.1) is 5.10 Å². The first-order chi connectivity index (χ1) is 9.09. The number of pyridine rings is 1. The minimum Gasteiger partial charge on any atom is -0.481 e. The van der Waals surface area contributed by atoms with Gasteiger partial charge in [-0.1, -0.05) is 6.92 Å². The van der Waals surface area contributed by atoms with Gasteiger partial charge in [-0.05, 0) is 16.8 Å². The highest BCUT2D eigenvalue weighted by Gasteiger charge is 2.15. The van der Waals surface area contributed by atoms with Gasteiger partial charge in [0.25, 0.3) is 0 Å². The van der Waals surface area contributed by atoms with Crippen molar-refractivity contribution >= 4 is 5.97 Å². The molecule has 0 fully saturated rings. The maximum atomic E-state index is 11.7. The lowest BCUT2D eigenvalue weighted by Gasteiger charge is -2.07. The van der Waals surface area contributed by atoms with Crippen molar-refractivity contribution in [3.8, 4) is 11.4 Å². The SMILES string of the molecule is CC(CCn1nnnc1-c1c[nH]ccc1=O)C(=O)O. The van der Waals surface area contributed by atoms with E-state index < -0.39 is 11.9 Å². The quantitative estimate of drug-likeness (QED) is 0.793. The number of aromatic nitrogens is 5. The Hall–Kier alpha value is -2.51. The van der Waals surface area contributed by atoms with E-state index >= 15 is 0 Å². The van der Waals surface area contributed by atoms with Crippen LogP contribution in [0.2, 0.25) is 0 Å². The summed E-state index contributed by atoms with van der Waals surface area (Å²) in [7, 11) is 0. The van der Waals surface area contributed by atoms with E-state index in [1.165, 1.54) is 23.1 Å². The molecule has 2 rings (SSSR count). The molecule has 2 N–H and O–H groups in total. The van der Waals surface area contributed by atoms with E-state index in [1.54, 1.807) is 6.92 Å². The van der Waals surface area contributed by atoms with Crippen LogP contribution in [0.5, 0.6) is 0 Å². The number of nitrogens with one attached hydrogen (secondary N) is 1. The molecule has 8 nitrogen and oxygen atoms in total. The summed E-state index contributed by atoms with van der Waals surface area (Å²) in [6.07, 6.45) is 3.43. The predicted molar refractivity (Wildman–Crippen MR) is 65.3 cm³/mol. The van der Waals surface area contributed by atoms with Crippen LogP contribution in [-0.4, -0.2) is 36.3 Å². The average molecular weight is 263 g/mol. The minimum atomic E-state index is -0.868. The van der Waals surface area contributed by atoms with Gasteiger partial charge in [0, 0.05) is 25.0 Å². The fourth-order valence-corrected chi connectivity index (χ4v) is 1.58. The molecule has 2 heterocycles. The monoisotopic (exact) mass is 263 g/mol. The van der Waals surface area contributed by atoms with Gasteiger partial charge in [-0.2, -0.15) is 0 Å². The molecule has 0 radical (unpaired) electrons. The van der Waals surface area contributed by atoms with E-state index in [0.29, 0.717) is 24.4 Å². The van der Waals surface area contributed by atoms with Gasteiger partial charge in [-0.25, -0.2) is 4.68 Å². The maximum absolute atomic E-state index is 11.7. The number of nitrogens with zero attached hydrogens (tertiary/aromatic N) is 4. The zero-order valence-corrected chi connectivity index (χ0v) is 10.3. The van der Waals surface area contributed by atoms with E-state index in [-0.39, 0.29) is 5.43 Å². The first-order valence-corrected chi connectivity index (χ1v) is 5.76. The summed E-state index contributed by atoms with van der Waals surface area (Å²) in [5.74, 6) is -1.03. The molecule has 1 atom stereocenters. The van der Waals surface area contributed by atoms with Gasteiger partial charge in [0.05, 0.1) is 11.5 Å². The van der Waals surface area contributed by atoms with Gasteiger partial charge in [0.1, 0.15) is 0 Å². The van der Waals surface area contributed by atoms with Crippen LogP contribution in [0.15, 0.2) is 23.3 Å². The van der Waals surface area contributed by atoms with Crippen molar-refractivity contribution in [3.63, 3.8) is 0 Å². The molecule has 1 unspecified atom stereocenters. The molecule has 2 aromatic heterocycles. The Balaban J connectivity index is 2.21. The summed E-state index contributed by atoms with van der Waals surface area (Å²) in [6.45, 7) is 1.95. The lowest BCUT2D eigenvalue weighted by Crippen LogP contribution is -2.15. The fourth-order valence-electron chi connectivity index (χ4n) is 1.58. The Morgan fingerprint density at radius 2 is 2.37 bits per heavy atom. The van der Waals surface area contributed by atoms with Gasteiger partial charge >= 0.3 is 5.97 Å². The van der Waals surface area contributed by atoms with Crippen molar-refractivity contribution in [2.45, 2.75) is 19.9 Å². The number of carboxylic acid groups (broad SMARTS) is 1. The number of carboxylic acids is 1. The molecular formula is C11H13N5O3. The number of aliphatic carboxylic acids is 1. The summed E-state index contributed by atoms with van der Waals surface area (Å²) in [5, 5.41) is 19.9. The second-order valence-electron chi connectivity index (χ2n) is 4.18. The minimum absolute atomic E-state index is 0.193. The number of carbonyl (C=O) groups is 1. The molecule has 0 saturated carbocycles. The van der Waals surface area contributed by atoms with Crippen molar-refractivity contribution in [2.24, 2.45) is 5.92 Å². The Bertz CT molecular complexity index is 633. The second kappa shape index (κ2) is 5.42. The van der Waals surface area contributed by atoms with Crippen molar-refractivity contribution in [1.29, 1.82) is 0 Å². The van der Waals surface area contributed by atoms with Crippen LogP contribution in [0.3, 0.4) is 0 Å². The number of aromatic amines is 1. The Labute approximate surface area is 108 Å². The molecule has 8 heteroatoms. The molecule has 0 aromatic carbocycles. The normalized spacial score (nSPS) is 12.3. The van der Waals surface area contributed by atoms with Crippen LogP contribution in [0.4, 0.5) is 0 Å². The zero-order valence-electron chi connectivity index (χ0n) is 10.3. The molecule has 2 aromatic rings. The lowest BCUT2D eigenvalue weighted by atomic mass is 10.1. The van der Waals surface area contributed by atoms with Crippen LogP contribution < -0.4 is 5.43 Å². The zero-order chi connectivity index (χ0) is 13.8. The third-order valence-electron chi connectivity index (χ3n) is 2.79. The maximum Gasteiger partial charge on any atom is 0.306 e.